The first-order valence-electron chi connectivity index (χ1n) is 7.35. The van der Waals surface area contributed by atoms with Gasteiger partial charge >= 0.3 is 0 Å². The zero-order valence-electron chi connectivity index (χ0n) is 12.7. The normalized spacial score (nSPS) is 12.1. The van der Waals surface area contributed by atoms with E-state index in [1.165, 1.54) is 5.56 Å². The third-order valence-electron chi connectivity index (χ3n) is 3.02. The Labute approximate surface area is 131 Å². The summed E-state index contributed by atoms with van der Waals surface area (Å²) >= 11 is 5.83. The predicted molar refractivity (Wildman–Crippen MR) is 84.7 cm³/mol. The molecule has 0 aliphatic rings. The first kappa shape index (κ1) is 18.0. The summed E-state index contributed by atoms with van der Waals surface area (Å²) in [5.41, 5.74) is 1.22. The van der Waals surface area contributed by atoms with Crippen LogP contribution in [0.2, 0.25) is 5.02 Å². The lowest BCUT2D eigenvalue weighted by Gasteiger charge is -2.13. The molecule has 1 amide bonds. The summed E-state index contributed by atoms with van der Waals surface area (Å²) in [5.74, 6) is -0.0809. The number of carbonyl (C=O) groups is 1. The highest BCUT2D eigenvalue weighted by Gasteiger charge is 2.12. The van der Waals surface area contributed by atoms with E-state index >= 15 is 0 Å². The maximum atomic E-state index is 11.8. The van der Waals surface area contributed by atoms with Gasteiger partial charge in [-0.15, -0.1) is 0 Å². The average Bonchev–Trinajstić information content (AvgIpc) is 2.49. The molecule has 0 heterocycles. The van der Waals surface area contributed by atoms with Crippen molar-refractivity contribution in [1.29, 1.82) is 0 Å². The molecule has 0 spiro atoms. The topological polar surface area (TPSA) is 47.6 Å². The van der Waals surface area contributed by atoms with Crippen LogP contribution in [0.15, 0.2) is 24.3 Å². The number of hydrogen-bond acceptors (Lipinski definition) is 3. The molecule has 4 nitrogen and oxygen atoms in total. The Bertz CT molecular complexity index is 408. The van der Waals surface area contributed by atoms with Gasteiger partial charge in [-0.05, 0) is 44.4 Å². The zero-order valence-corrected chi connectivity index (χ0v) is 13.5. The summed E-state index contributed by atoms with van der Waals surface area (Å²) in [4.78, 5) is 11.8. The second-order valence-corrected chi connectivity index (χ2v) is 5.17. The minimum atomic E-state index is -0.444. The van der Waals surface area contributed by atoms with E-state index < -0.39 is 6.10 Å². The highest BCUT2D eigenvalue weighted by atomic mass is 35.5. The molecule has 21 heavy (non-hydrogen) atoms. The predicted octanol–water partition coefficient (Wildman–Crippen LogP) is 2.83. The smallest absolute Gasteiger partial charge is 0.248 e. The van der Waals surface area contributed by atoms with Crippen molar-refractivity contribution in [1.82, 2.24) is 5.32 Å². The van der Waals surface area contributed by atoms with Crippen LogP contribution in [0.1, 0.15) is 25.8 Å². The van der Waals surface area contributed by atoms with E-state index in [4.69, 9.17) is 21.1 Å². The summed E-state index contributed by atoms with van der Waals surface area (Å²) in [6.45, 7) is 5.93. The lowest BCUT2D eigenvalue weighted by molar-refractivity contribution is -0.132. The van der Waals surface area contributed by atoms with Crippen molar-refractivity contribution < 1.29 is 14.3 Å². The van der Waals surface area contributed by atoms with Gasteiger partial charge < -0.3 is 14.8 Å². The maximum Gasteiger partial charge on any atom is 0.248 e. The van der Waals surface area contributed by atoms with Crippen LogP contribution in [0.3, 0.4) is 0 Å². The first-order chi connectivity index (χ1) is 10.1. The second-order valence-electron chi connectivity index (χ2n) is 4.73. The van der Waals surface area contributed by atoms with Gasteiger partial charge in [-0.2, -0.15) is 0 Å². The van der Waals surface area contributed by atoms with Crippen LogP contribution >= 0.6 is 11.6 Å². The molecular weight excluding hydrogens is 290 g/mol. The van der Waals surface area contributed by atoms with Gasteiger partial charge in [-0.3, -0.25) is 4.79 Å². The molecule has 1 aromatic carbocycles. The number of benzene rings is 1. The molecule has 1 rings (SSSR count). The Morgan fingerprint density at radius 3 is 2.67 bits per heavy atom. The fourth-order valence-corrected chi connectivity index (χ4v) is 1.93. The monoisotopic (exact) mass is 313 g/mol. The standard InChI is InChI=1S/C16H24ClNO3/c1-3-20-11-12-21-13(2)16(19)18-10-4-5-14-6-8-15(17)9-7-14/h6-9,13H,3-5,10-12H2,1-2H3,(H,18,19)/t13-/m1/s1. The minimum absolute atomic E-state index is 0.0809. The molecule has 0 aliphatic carbocycles. The van der Waals surface area contributed by atoms with Crippen molar-refractivity contribution in [2.75, 3.05) is 26.4 Å². The van der Waals surface area contributed by atoms with Crippen LogP contribution in [0.5, 0.6) is 0 Å². The van der Waals surface area contributed by atoms with Gasteiger partial charge in [0.25, 0.3) is 0 Å². The second kappa shape index (κ2) is 10.6. The van der Waals surface area contributed by atoms with Crippen molar-refractivity contribution in [3.63, 3.8) is 0 Å². The quantitative estimate of drug-likeness (QED) is 0.676. The van der Waals surface area contributed by atoms with Crippen LogP contribution in [-0.4, -0.2) is 38.4 Å². The molecule has 0 unspecified atom stereocenters. The molecular formula is C16H24ClNO3. The highest BCUT2D eigenvalue weighted by Crippen LogP contribution is 2.10. The average molecular weight is 314 g/mol. The highest BCUT2D eigenvalue weighted by molar-refractivity contribution is 6.30. The van der Waals surface area contributed by atoms with E-state index in [1.54, 1.807) is 6.92 Å². The van der Waals surface area contributed by atoms with E-state index in [1.807, 2.05) is 31.2 Å². The van der Waals surface area contributed by atoms with Crippen LogP contribution < -0.4 is 5.32 Å². The lowest BCUT2D eigenvalue weighted by atomic mass is 10.1. The molecule has 0 radical (unpaired) electrons. The van der Waals surface area contributed by atoms with Crippen molar-refractivity contribution in [3.05, 3.63) is 34.9 Å². The number of hydrogen-bond donors (Lipinski definition) is 1. The maximum absolute atomic E-state index is 11.8. The van der Waals surface area contributed by atoms with Crippen LogP contribution in [0.4, 0.5) is 0 Å². The Morgan fingerprint density at radius 1 is 1.29 bits per heavy atom. The molecule has 1 aromatic rings. The van der Waals surface area contributed by atoms with Gasteiger partial charge in [0.05, 0.1) is 13.2 Å². The van der Waals surface area contributed by atoms with Gasteiger partial charge in [0.2, 0.25) is 5.91 Å². The number of rotatable bonds is 10. The Balaban J connectivity index is 2.10. The molecule has 0 bridgehead atoms. The number of ether oxygens (including phenoxy) is 2. The Morgan fingerprint density at radius 2 is 2.00 bits per heavy atom. The van der Waals surface area contributed by atoms with E-state index in [9.17, 15) is 4.79 Å². The number of halogens is 1. The summed E-state index contributed by atoms with van der Waals surface area (Å²) in [7, 11) is 0. The van der Waals surface area contributed by atoms with E-state index in [0.29, 0.717) is 26.4 Å². The van der Waals surface area contributed by atoms with Gasteiger partial charge in [0.1, 0.15) is 6.10 Å². The van der Waals surface area contributed by atoms with Crippen LogP contribution in [0, 0.1) is 0 Å². The fraction of sp³-hybridized carbons (Fsp3) is 0.562. The van der Waals surface area contributed by atoms with E-state index in [2.05, 4.69) is 5.32 Å². The van der Waals surface area contributed by atoms with Crippen LogP contribution in [0.25, 0.3) is 0 Å². The van der Waals surface area contributed by atoms with Crippen molar-refractivity contribution >= 4 is 17.5 Å². The SMILES string of the molecule is CCOCCO[C@H](C)C(=O)NCCCc1ccc(Cl)cc1. The molecule has 118 valence electrons. The van der Waals surface area contributed by atoms with Gasteiger partial charge in [-0.25, -0.2) is 0 Å². The summed E-state index contributed by atoms with van der Waals surface area (Å²) in [5, 5.41) is 3.61. The molecule has 1 N–H and O–H groups in total. The third kappa shape index (κ3) is 8.05. The molecule has 0 saturated heterocycles. The van der Waals surface area contributed by atoms with Crippen molar-refractivity contribution in [2.24, 2.45) is 0 Å². The molecule has 0 aliphatic heterocycles. The van der Waals surface area contributed by atoms with E-state index in [0.717, 1.165) is 17.9 Å². The van der Waals surface area contributed by atoms with E-state index in [-0.39, 0.29) is 5.91 Å². The van der Waals surface area contributed by atoms with Crippen molar-refractivity contribution in [3.8, 4) is 0 Å². The van der Waals surface area contributed by atoms with Gasteiger partial charge in [0, 0.05) is 18.2 Å². The largest absolute Gasteiger partial charge is 0.379 e. The molecule has 1 atom stereocenters. The summed E-state index contributed by atoms with van der Waals surface area (Å²) < 4.78 is 10.5. The number of aryl methyl sites for hydroxylation is 1. The van der Waals surface area contributed by atoms with Crippen molar-refractivity contribution in [2.45, 2.75) is 32.8 Å². The van der Waals surface area contributed by atoms with Gasteiger partial charge in [-0.1, -0.05) is 23.7 Å². The van der Waals surface area contributed by atoms with Crippen LogP contribution in [-0.2, 0) is 20.7 Å². The molecule has 0 saturated carbocycles. The lowest BCUT2D eigenvalue weighted by Crippen LogP contribution is -2.35. The molecule has 0 fully saturated rings. The first-order valence-corrected chi connectivity index (χ1v) is 7.72. The summed E-state index contributed by atoms with van der Waals surface area (Å²) in [6, 6.07) is 7.76. The number of amides is 1. The van der Waals surface area contributed by atoms with Gasteiger partial charge in [0.15, 0.2) is 0 Å². The zero-order chi connectivity index (χ0) is 15.5. The number of carbonyl (C=O) groups excluding carboxylic acids is 1. The molecule has 5 heteroatoms. The summed E-state index contributed by atoms with van der Waals surface area (Å²) in [6.07, 6.45) is 1.36. The third-order valence-corrected chi connectivity index (χ3v) is 3.28. The fourth-order valence-electron chi connectivity index (χ4n) is 1.80. The minimum Gasteiger partial charge on any atom is -0.379 e. The molecule has 0 aromatic heterocycles. The Kier molecular flexibility index (Phi) is 9.06. The Hall–Kier alpha value is -1.10. The number of nitrogens with one attached hydrogen (secondary N) is 1.